The van der Waals surface area contributed by atoms with Crippen LogP contribution in [0, 0.1) is 0 Å². The van der Waals surface area contributed by atoms with E-state index in [9.17, 15) is 14.4 Å². The Morgan fingerprint density at radius 2 is 1.95 bits per heavy atom. The summed E-state index contributed by atoms with van der Waals surface area (Å²) >= 11 is 0. The van der Waals surface area contributed by atoms with Gasteiger partial charge in [0, 0.05) is 25.7 Å². The van der Waals surface area contributed by atoms with Gasteiger partial charge in [0.2, 0.25) is 11.8 Å². The Balaban J connectivity index is 1.97. The van der Waals surface area contributed by atoms with Gasteiger partial charge in [-0.2, -0.15) is 0 Å². The van der Waals surface area contributed by atoms with Gasteiger partial charge in [-0.15, -0.1) is 0 Å². The molecule has 116 valence electrons. The molecule has 2 aliphatic heterocycles. The number of hydrogen-bond acceptors (Lipinski definition) is 4. The van der Waals surface area contributed by atoms with Crippen molar-refractivity contribution in [1.29, 1.82) is 0 Å². The molecule has 1 N–H and O–H groups in total. The van der Waals surface area contributed by atoms with Crippen molar-refractivity contribution in [2.24, 2.45) is 0 Å². The lowest BCUT2D eigenvalue weighted by molar-refractivity contribution is -0.133. The summed E-state index contributed by atoms with van der Waals surface area (Å²) in [6.07, 6.45) is 1.13. The van der Waals surface area contributed by atoms with Crippen LogP contribution in [-0.4, -0.2) is 42.9 Å². The fourth-order valence-electron chi connectivity index (χ4n) is 3.36. The molecule has 2 heterocycles. The number of likely N-dealkylation sites (tertiary alicyclic amines) is 1. The Kier molecular flexibility index (Phi) is 3.39. The van der Waals surface area contributed by atoms with Gasteiger partial charge in [-0.1, -0.05) is 0 Å². The van der Waals surface area contributed by atoms with Crippen molar-refractivity contribution >= 4 is 23.5 Å². The van der Waals surface area contributed by atoms with Crippen molar-refractivity contribution < 1.29 is 19.1 Å². The zero-order valence-electron chi connectivity index (χ0n) is 12.6. The maximum absolute atomic E-state index is 12.5. The SMILES string of the molecule is COC(=O)c1ccc2c(c1)C1(CCN(C(C)=O)CC1)C(=O)N2. The first-order valence-electron chi connectivity index (χ1n) is 7.28. The van der Waals surface area contributed by atoms with E-state index < -0.39 is 11.4 Å². The van der Waals surface area contributed by atoms with Gasteiger partial charge in [0.05, 0.1) is 18.1 Å². The van der Waals surface area contributed by atoms with Crippen molar-refractivity contribution in [3.63, 3.8) is 0 Å². The Morgan fingerprint density at radius 1 is 1.27 bits per heavy atom. The van der Waals surface area contributed by atoms with Crippen LogP contribution in [0.25, 0.3) is 0 Å². The first-order valence-corrected chi connectivity index (χ1v) is 7.28. The van der Waals surface area contributed by atoms with Crippen LogP contribution in [0.15, 0.2) is 18.2 Å². The second-order valence-electron chi connectivity index (χ2n) is 5.79. The molecule has 2 aliphatic rings. The highest BCUT2D eigenvalue weighted by atomic mass is 16.5. The minimum Gasteiger partial charge on any atom is -0.465 e. The largest absolute Gasteiger partial charge is 0.465 e. The summed E-state index contributed by atoms with van der Waals surface area (Å²) in [7, 11) is 1.33. The van der Waals surface area contributed by atoms with Gasteiger partial charge in [0.15, 0.2) is 0 Å². The number of anilines is 1. The molecule has 0 bridgehead atoms. The van der Waals surface area contributed by atoms with Gasteiger partial charge in [0.25, 0.3) is 0 Å². The van der Waals surface area contributed by atoms with Gasteiger partial charge in [0.1, 0.15) is 0 Å². The summed E-state index contributed by atoms with van der Waals surface area (Å²) in [6, 6.07) is 5.13. The summed E-state index contributed by atoms with van der Waals surface area (Å²) in [5.74, 6) is -0.442. The summed E-state index contributed by atoms with van der Waals surface area (Å²) in [4.78, 5) is 37.5. The molecule has 1 aromatic rings. The summed E-state index contributed by atoms with van der Waals surface area (Å²) in [6.45, 7) is 2.63. The molecule has 0 unspecified atom stereocenters. The quantitative estimate of drug-likeness (QED) is 0.794. The number of nitrogens with zero attached hydrogens (tertiary/aromatic N) is 1. The molecule has 0 atom stereocenters. The average Bonchev–Trinajstić information content (AvgIpc) is 2.79. The van der Waals surface area contributed by atoms with E-state index >= 15 is 0 Å². The van der Waals surface area contributed by atoms with Crippen LogP contribution in [0.4, 0.5) is 5.69 Å². The molecule has 22 heavy (non-hydrogen) atoms. The number of piperidine rings is 1. The second-order valence-corrected chi connectivity index (χ2v) is 5.79. The third-order valence-electron chi connectivity index (χ3n) is 4.70. The maximum atomic E-state index is 12.5. The van der Waals surface area contributed by atoms with Crippen molar-refractivity contribution in [3.05, 3.63) is 29.3 Å². The lowest BCUT2D eigenvalue weighted by Crippen LogP contribution is -2.47. The van der Waals surface area contributed by atoms with Crippen LogP contribution < -0.4 is 5.32 Å². The van der Waals surface area contributed by atoms with Crippen LogP contribution in [0.2, 0.25) is 0 Å². The first-order chi connectivity index (χ1) is 10.5. The molecule has 1 fully saturated rings. The highest BCUT2D eigenvalue weighted by molar-refractivity contribution is 6.07. The molecule has 1 aromatic carbocycles. The summed E-state index contributed by atoms with van der Waals surface area (Å²) in [5.41, 5.74) is 1.37. The number of esters is 1. The van der Waals surface area contributed by atoms with Gasteiger partial charge in [-0.3, -0.25) is 9.59 Å². The lowest BCUT2D eigenvalue weighted by atomic mass is 9.73. The molecular formula is C16H18N2O4. The minimum absolute atomic E-state index is 0.0248. The predicted molar refractivity (Wildman–Crippen MR) is 79.6 cm³/mol. The highest BCUT2D eigenvalue weighted by Crippen LogP contribution is 2.45. The zero-order chi connectivity index (χ0) is 15.9. The number of amides is 2. The molecule has 6 heteroatoms. The number of rotatable bonds is 1. The number of carbonyl (C=O) groups excluding carboxylic acids is 3. The monoisotopic (exact) mass is 302 g/mol. The number of benzene rings is 1. The third kappa shape index (κ3) is 2.06. The Hall–Kier alpha value is -2.37. The van der Waals surface area contributed by atoms with Crippen LogP contribution in [0.1, 0.15) is 35.7 Å². The number of fused-ring (bicyclic) bond motifs is 2. The molecule has 3 rings (SSSR count). The van der Waals surface area contributed by atoms with E-state index in [-0.39, 0.29) is 11.8 Å². The van der Waals surface area contributed by atoms with E-state index in [1.807, 2.05) is 0 Å². The summed E-state index contributed by atoms with van der Waals surface area (Å²) < 4.78 is 4.75. The molecule has 0 radical (unpaired) electrons. The first kappa shape index (κ1) is 14.6. The van der Waals surface area contributed by atoms with Crippen LogP contribution >= 0.6 is 0 Å². The third-order valence-corrected chi connectivity index (χ3v) is 4.70. The predicted octanol–water partition coefficient (Wildman–Crippen LogP) is 1.31. The van der Waals surface area contributed by atoms with E-state index in [1.165, 1.54) is 14.0 Å². The Morgan fingerprint density at radius 3 is 2.55 bits per heavy atom. The van der Waals surface area contributed by atoms with Gasteiger partial charge >= 0.3 is 5.97 Å². The normalized spacial score (nSPS) is 18.8. The van der Waals surface area contributed by atoms with Gasteiger partial charge in [-0.25, -0.2) is 4.79 Å². The van der Waals surface area contributed by atoms with Crippen molar-refractivity contribution in [2.75, 3.05) is 25.5 Å². The topological polar surface area (TPSA) is 75.7 Å². The van der Waals surface area contributed by atoms with Crippen LogP contribution in [0.5, 0.6) is 0 Å². The smallest absolute Gasteiger partial charge is 0.337 e. The minimum atomic E-state index is -0.648. The number of ether oxygens (including phenoxy) is 1. The number of nitrogens with one attached hydrogen (secondary N) is 1. The Bertz CT molecular complexity index is 660. The van der Waals surface area contributed by atoms with Gasteiger partial charge < -0.3 is 15.0 Å². The van der Waals surface area contributed by atoms with Crippen LogP contribution in [0.3, 0.4) is 0 Å². The fraction of sp³-hybridized carbons (Fsp3) is 0.438. The van der Waals surface area contributed by atoms with E-state index in [0.29, 0.717) is 31.5 Å². The van der Waals surface area contributed by atoms with E-state index in [2.05, 4.69) is 5.32 Å². The highest BCUT2D eigenvalue weighted by Gasteiger charge is 2.48. The lowest BCUT2D eigenvalue weighted by Gasteiger charge is -2.37. The second kappa shape index (κ2) is 5.12. The Labute approximate surface area is 128 Å². The molecule has 0 aromatic heterocycles. The molecular weight excluding hydrogens is 284 g/mol. The fourth-order valence-corrected chi connectivity index (χ4v) is 3.36. The standard InChI is InChI=1S/C16H18N2O4/c1-10(19)18-7-5-16(6-8-18)12-9-11(14(20)22-2)3-4-13(12)17-15(16)21/h3-4,9H,5-8H2,1-2H3,(H,17,21). The molecule has 1 spiro atoms. The summed E-state index contributed by atoms with van der Waals surface area (Å²) in [5, 5.41) is 2.89. The van der Waals surface area contributed by atoms with E-state index in [4.69, 9.17) is 4.74 Å². The number of hydrogen-bond donors (Lipinski definition) is 1. The molecule has 1 saturated heterocycles. The average molecular weight is 302 g/mol. The van der Waals surface area contributed by atoms with E-state index in [1.54, 1.807) is 23.1 Å². The van der Waals surface area contributed by atoms with Crippen molar-refractivity contribution in [3.8, 4) is 0 Å². The van der Waals surface area contributed by atoms with Crippen molar-refractivity contribution in [2.45, 2.75) is 25.2 Å². The number of carbonyl (C=O) groups is 3. The van der Waals surface area contributed by atoms with Crippen molar-refractivity contribution in [1.82, 2.24) is 4.90 Å². The van der Waals surface area contributed by atoms with Crippen LogP contribution in [-0.2, 0) is 19.7 Å². The molecule has 2 amide bonds. The molecule has 6 nitrogen and oxygen atoms in total. The van der Waals surface area contributed by atoms with E-state index in [0.717, 1.165) is 11.3 Å². The maximum Gasteiger partial charge on any atom is 0.337 e. The number of methoxy groups -OCH3 is 1. The zero-order valence-corrected chi connectivity index (χ0v) is 12.6. The van der Waals surface area contributed by atoms with Gasteiger partial charge in [-0.05, 0) is 36.6 Å². The molecule has 0 aliphatic carbocycles. The molecule has 0 saturated carbocycles.